The van der Waals surface area contributed by atoms with Crippen LogP contribution in [0.4, 0.5) is 0 Å². The SMILES string of the molecule is C[Si](C)(C)c1ccc(-n2c3ccccc3c3ccc(-c4ccc5c6ccccc6n(-c6nc(-c7ccccc7)cc(-c7ccccc7)n6)c5c4)cc32)cc1. The Balaban J connectivity index is 1.19. The molecule has 0 saturated carbocycles. The number of aromatic nitrogens is 4. The number of rotatable bonds is 6. The highest BCUT2D eigenvalue weighted by molar-refractivity contribution is 6.88. The topological polar surface area (TPSA) is 35.6 Å². The lowest BCUT2D eigenvalue weighted by molar-refractivity contribution is 0.996. The molecule has 0 aliphatic heterocycles. The standard InChI is InChI=1S/C49H38N4Si/c1-54(2,3)38-26-24-37(25-27-38)52-45-20-12-10-18-39(45)41-28-22-35(30-47(41)52)36-23-29-42-40-19-11-13-21-46(40)53(48(42)31-36)49-50-43(33-14-6-4-7-15-33)32-44(51-49)34-16-8-5-9-17-34/h4-32H,1-3H3. The Morgan fingerprint density at radius 2 is 0.815 bits per heavy atom. The lowest BCUT2D eigenvalue weighted by Crippen LogP contribution is -2.37. The normalized spacial score (nSPS) is 12.0. The van der Waals surface area contributed by atoms with Gasteiger partial charge in [0.25, 0.3) is 0 Å². The summed E-state index contributed by atoms with van der Waals surface area (Å²) in [5, 5.41) is 6.31. The zero-order valence-electron chi connectivity index (χ0n) is 30.5. The molecule has 0 aliphatic carbocycles. The van der Waals surface area contributed by atoms with Crippen LogP contribution in [0.1, 0.15) is 0 Å². The fourth-order valence-electron chi connectivity index (χ4n) is 7.95. The van der Waals surface area contributed by atoms with Crippen molar-refractivity contribution in [2.24, 2.45) is 0 Å². The molecule has 258 valence electrons. The highest BCUT2D eigenvalue weighted by Gasteiger charge is 2.20. The minimum absolute atomic E-state index is 0.649. The third-order valence-electron chi connectivity index (χ3n) is 10.7. The molecule has 10 aromatic rings. The maximum atomic E-state index is 5.26. The van der Waals surface area contributed by atoms with E-state index in [1.165, 1.54) is 43.5 Å². The molecule has 54 heavy (non-hydrogen) atoms. The molecule has 3 heterocycles. The van der Waals surface area contributed by atoms with Gasteiger partial charge in [0.15, 0.2) is 0 Å². The number of para-hydroxylation sites is 2. The molecule has 0 radical (unpaired) electrons. The van der Waals surface area contributed by atoms with Gasteiger partial charge in [-0.15, -0.1) is 0 Å². The Labute approximate surface area is 315 Å². The minimum Gasteiger partial charge on any atom is -0.309 e. The zero-order chi connectivity index (χ0) is 36.4. The Kier molecular flexibility index (Phi) is 7.46. The number of benzene rings is 7. The molecule has 0 amide bonds. The van der Waals surface area contributed by atoms with Gasteiger partial charge < -0.3 is 4.57 Å². The third kappa shape index (κ3) is 5.36. The first-order valence-corrected chi connectivity index (χ1v) is 22.1. The molecule has 7 aromatic carbocycles. The highest BCUT2D eigenvalue weighted by Crippen LogP contribution is 2.38. The molecule has 0 unspecified atom stereocenters. The van der Waals surface area contributed by atoms with E-state index in [-0.39, 0.29) is 0 Å². The van der Waals surface area contributed by atoms with Crippen molar-refractivity contribution in [3.8, 4) is 45.3 Å². The summed E-state index contributed by atoms with van der Waals surface area (Å²) >= 11 is 0. The van der Waals surface area contributed by atoms with Gasteiger partial charge in [-0.1, -0.05) is 158 Å². The second kappa shape index (κ2) is 12.5. The van der Waals surface area contributed by atoms with Crippen LogP contribution in [0.5, 0.6) is 0 Å². The molecule has 10 rings (SSSR count). The molecule has 0 atom stereocenters. The first-order valence-electron chi connectivity index (χ1n) is 18.6. The van der Waals surface area contributed by atoms with E-state index in [0.717, 1.165) is 44.7 Å². The molecular formula is C49H38N4Si. The maximum Gasteiger partial charge on any atom is 0.235 e. The van der Waals surface area contributed by atoms with Gasteiger partial charge in [0, 0.05) is 38.4 Å². The number of hydrogen-bond acceptors (Lipinski definition) is 2. The molecule has 0 saturated heterocycles. The van der Waals surface area contributed by atoms with Gasteiger partial charge in [-0.2, -0.15) is 0 Å². The third-order valence-corrected chi connectivity index (χ3v) is 12.8. The molecule has 0 aliphatic rings. The van der Waals surface area contributed by atoms with Crippen molar-refractivity contribution in [3.05, 3.63) is 176 Å². The molecular weight excluding hydrogens is 673 g/mol. The summed E-state index contributed by atoms with van der Waals surface area (Å²) in [5.74, 6) is 0.649. The second-order valence-corrected chi connectivity index (χ2v) is 20.2. The summed E-state index contributed by atoms with van der Waals surface area (Å²) in [6.45, 7) is 7.21. The molecule has 0 N–H and O–H groups in total. The van der Waals surface area contributed by atoms with Gasteiger partial charge in [0.2, 0.25) is 5.95 Å². The van der Waals surface area contributed by atoms with E-state index in [1.807, 2.05) is 12.1 Å². The van der Waals surface area contributed by atoms with E-state index in [9.17, 15) is 0 Å². The molecule has 5 heteroatoms. The Hall–Kier alpha value is -6.56. The van der Waals surface area contributed by atoms with E-state index in [0.29, 0.717) is 5.95 Å². The Morgan fingerprint density at radius 3 is 1.33 bits per heavy atom. The first kappa shape index (κ1) is 32.1. The van der Waals surface area contributed by atoms with Crippen molar-refractivity contribution < 1.29 is 0 Å². The van der Waals surface area contributed by atoms with Crippen LogP contribution in [0.25, 0.3) is 88.9 Å². The summed E-state index contributed by atoms with van der Waals surface area (Å²) in [6.07, 6.45) is 0. The van der Waals surface area contributed by atoms with Crippen LogP contribution in [0.15, 0.2) is 176 Å². The molecule has 0 bridgehead atoms. The predicted octanol–water partition coefficient (Wildman–Crippen LogP) is 12.2. The Morgan fingerprint density at radius 1 is 0.370 bits per heavy atom. The van der Waals surface area contributed by atoms with Gasteiger partial charge >= 0.3 is 0 Å². The van der Waals surface area contributed by atoms with Gasteiger partial charge in [0.05, 0.1) is 41.5 Å². The van der Waals surface area contributed by atoms with E-state index >= 15 is 0 Å². The van der Waals surface area contributed by atoms with E-state index in [2.05, 4.69) is 193 Å². The fraction of sp³-hybridized carbons (Fsp3) is 0.0612. The molecule has 0 fully saturated rings. The van der Waals surface area contributed by atoms with Gasteiger partial charge in [-0.3, -0.25) is 4.57 Å². The molecule has 0 spiro atoms. The summed E-state index contributed by atoms with van der Waals surface area (Å²) in [7, 11) is -1.43. The van der Waals surface area contributed by atoms with Crippen LogP contribution < -0.4 is 5.19 Å². The van der Waals surface area contributed by atoms with E-state index in [4.69, 9.17) is 9.97 Å². The minimum atomic E-state index is -1.43. The Bertz CT molecular complexity index is 2950. The molecule has 3 aromatic heterocycles. The summed E-state index contributed by atoms with van der Waals surface area (Å²) in [6, 6.07) is 63.2. The van der Waals surface area contributed by atoms with Crippen LogP contribution in [0.2, 0.25) is 19.6 Å². The second-order valence-electron chi connectivity index (χ2n) is 15.1. The lowest BCUT2D eigenvalue weighted by Gasteiger charge is -2.17. The van der Waals surface area contributed by atoms with E-state index in [1.54, 1.807) is 0 Å². The largest absolute Gasteiger partial charge is 0.309 e. The van der Waals surface area contributed by atoms with Gasteiger partial charge in [-0.05, 0) is 53.6 Å². The van der Waals surface area contributed by atoms with Crippen LogP contribution in [-0.2, 0) is 0 Å². The van der Waals surface area contributed by atoms with Crippen LogP contribution in [-0.4, -0.2) is 27.2 Å². The lowest BCUT2D eigenvalue weighted by atomic mass is 10.0. The maximum absolute atomic E-state index is 5.26. The van der Waals surface area contributed by atoms with Crippen LogP contribution >= 0.6 is 0 Å². The van der Waals surface area contributed by atoms with Crippen molar-refractivity contribution >= 4 is 56.9 Å². The van der Waals surface area contributed by atoms with Gasteiger partial charge in [-0.25, -0.2) is 9.97 Å². The fourth-order valence-corrected chi connectivity index (χ4v) is 9.12. The predicted molar refractivity (Wildman–Crippen MR) is 230 cm³/mol. The summed E-state index contributed by atoms with van der Waals surface area (Å²) in [4.78, 5) is 10.5. The number of hydrogen-bond donors (Lipinski definition) is 0. The van der Waals surface area contributed by atoms with Gasteiger partial charge in [0.1, 0.15) is 0 Å². The average Bonchev–Trinajstić information content (AvgIpc) is 3.73. The van der Waals surface area contributed by atoms with Crippen molar-refractivity contribution in [1.29, 1.82) is 0 Å². The van der Waals surface area contributed by atoms with Crippen molar-refractivity contribution in [3.63, 3.8) is 0 Å². The van der Waals surface area contributed by atoms with Crippen molar-refractivity contribution in [2.75, 3.05) is 0 Å². The van der Waals surface area contributed by atoms with Crippen LogP contribution in [0.3, 0.4) is 0 Å². The van der Waals surface area contributed by atoms with Crippen molar-refractivity contribution in [1.82, 2.24) is 19.1 Å². The average molecular weight is 711 g/mol. The highest BCUT2D eigenvalue weighted by atomic mass is 28.3. The smallest absolute Gasteiger partial charge is 0.235 e. The summed E-state index contributed by atoms with van der Waals surface area (Å²) in [5.41, 5.74) is 11.9. The zero-order valence-corrected chi connectivity index (χ0v) is 31.5. The van der Waals surface area contributed by atoms with Crippen molar-refractivity contribution in [2.45, 2.75) is 19.6 Å². The van der Waals surface area contributed by atoms with Crippen LogP contribution in [0, 0.1) is 0 Å². The summed E-state index contributed by atoms with van der Waals surface area (Å²) < 4.78 is 4.66. The monoisotopic (exact) mass is 710 g/mol. The number of fused-ring (bicyclic) bond motifs is 6. The quantitative estimate of drug-likeness (QED) is 0.161. The molecule has 4 nitrogen and oxygen atoms in total. The van der Waals surface area contributed by atoms with E-state index < -0.39 is 8.07 Å². The number of nitrogens with zero attached hydrogens (tertiary/aromatic N) is 4. The first-order chi connectivity index (χ1) is 26.4.